The van der Waals surface area contributed by atoms with E-state index in [1.165, 1.54) is 19.3 Å². The average molecular weight is 187 g/mol. The van der Waals surface area contributed by atoms with Gasteiger partial charge in [0.05, 0.1) is 0 Å². The number of piperidine rings is 1. The van der Waals surface area contributed by atoms with E-state index in [2.05, 4.69) is 25.8 Å². The van der Waals surface area contributed by atoms with Gasteiger partial charge in [0.25, 0.3) is 0 Å². The summed E-state index contributed by atoms with van der Waals surface area (Å²) in [6, 6.07) is 1.63. The van der Waals surface area contributed by atoms with Crippen LogP contribution in [0, 0.1) is 0 Å². The Morgan fingerprint density at radius 2 is 1.15 bits per heavy atom. The van der Waals surface area contributed by atoms with Gasteiger partial charge in [0.1, 0.15) is 0 Å². The summed E-state index contributed by atoms with van der Waals surface area (Å²) in [5.41, 5.74) is 0. The van der Waals surface area contributed by atoms with Crippen molar-refractivity contribution in [1.29, 1.82) is 0 Å². The zero-order chi connectivity index (χ0) is 10.9. The van der Waals surface area contributed by atoms with E-state index in [9.17, 15) is 0 Å². The van der Waals surface area contributed by atoms with Gasteiger partial charge in [-0.25, -0.2) is 0 Å². The average Bonchev–Trinajstić information content (AvgIpc) is 2.20. The minimum atomic E-state index is 0.814. The standard InChI is InChI=1S/C8H17N.2C2H6/c1-7-5-4-6-8(2)9(7)3;2*1-2/h7-8H,4-6H2,1-3H3;2*1-2H3. The number of hydrogen-bond donors (Lipinski definition) is 0. The van der Waals surface area contributed by atoms with Gasteiger partial charge in [-0.3, -0.25) is 0 Å². The lowest BCUT2D eigenvalue weighted by Gasteiger charge is -2.35. The smallest absolute Gasteiger partial charge is 0.00667 e. The summed E-state index contributed by atoms with van der Waals surface area (Å²) < 4.78 is 0. The van der Waals surface area contributed by atoms with E-state index in [1.807, 2.05) is 27.7 Å². The largest absolute Gasteiger partial charge is 0.301 e. The molecule has 1 saturated heterocycles. The monoisotopic (exact) mass is 187 g/mol. The lowest BCUT2D eigenvalue weighted by molar-refractivity contribution is 0.138. The summed E-state index contributed by atoms with van der Waals surface area (Å²) in [5, 5.41) is 0. The third-order valence-corrected chi connectivity index (χ3v) is 2.63. The molecule has 82 valence electrons. The molecule has 2 atom stereocenters. The molecule has 1 aliphatic rings. The Morgan fingerprint density at radius 1 is 0.846 bits per heavy atom. The Balaban J connectivity index is 0. The maximum atomic E-state index is 2.48. The second-order valence-corrected chi connectivity index (χ2v) is 3.29. The van der Waals surface area contributed by atoms with Crippen LogP contribution in [0.4, 0.5) is 0 Å². The van der Waals surface area contributed by atoms with Crippen molar-refractivity contribution < 1.29 is 0 Å². The first-order valence-electron chi connectivity index (χ1n) is 5.93. The first-order chi connectivity index (χ1) is 6.22. The van der Waals surface area contributed by atoms with Crippen molar-refractivity contribution in [2.75, 3.05) is 7.05 Å². The van der Waals surface area contributed by atoms with Crippen molar-refractivity contribution in [3.05, 3.63) is 0 Å². The second-order valence-electron chi connectivity index (χ2n) is 3.29. The fourth-order valence-corrected chi connectivity index (χ4v) is 1.55. The first kappa shape index (κ1) is 15.4. The highest BCUT2D eigenvalue weighted by Gasteiger charge is 2.19. The summed E-state index contributed by atoms with van der Waals surface area (Å²) in [6.45, 7) is 12.6. The van der Waals surface area contributed by atoms with E-state index < -0.39 is 0 Å². The molecule has 2 unspecified atom stereocenters. The van der Waals surface area contributed by atoms with Crippen LogP contribution in [-0.4, -0.2) is 24.0 Å². The molecule has 0 bridgehead atoms. The van der Waals surface area contributed by atoms with Gasteiger partial charge in [-0.1, -0.05) is 34.1 Å². The predicted molar refractivity (Wildman–Crippen MR) is 63.2 cm³/mol. The Kier molecular flexibility index (Phi) is 11.9. The van der Waals surface area contributed by atoms with Gasteiger partial charge in [-0.2, -0.15) is 0 Å². The quantitative estimate of drug-likeness (QED) is 0.555. The molecule has 0 saturated carbocycles. The molecule has 1 heterocycles. The van der Waals surface area contributed by atoms with Crippen LogP contribution in [0.5, 0.6) is 0 Å². The van der Waals surface area contributed by atoms with E-state index >= 15 is 0 Å². The van der Waals surface area contributed by atoms with Gasteiger partial charge in [-0.05, 0) is 33.7 Å². The zero-order valence-corrected chi connectivity index (χ0v) is 10.7. The van der Waals surface area contributed by atoms with E-state index in [0.717, 1.165) is 12.1 Å². The molecular weight excluding hydrogens is 158 g/mol. The summed E-state index contributed by atoms with van der Waals surface area (Å²) in [7, 11) is 2.23. The Hall–Kier alpha value is -0.0400. The third kappa shape index (κ3) is 6.09. The summed E-state index contributed by atoms with van der Waals surface area (Å²) in [5.74, 6) is 0. The van der Waals surface area contributed by atoms with Gasteiger partial charge < -0.3 is 4.90 Å². The molecule has 0 radical (unpaired) electrons. The van der Waals surface area contributed by atoms with Crippen LogP contribution in [0.3, 0.4) is 0 Å². The molecule has 0 aromatic rings. The van der Waals surface area contributed by atoms with Crippen molar-refractivity contribution >= 4 is 0 Å². The molecule has 0 spiro atoms. The predicted octanol–water partition coefficient (Wildman–Crippen LogP) is 3.93. The second kappa shape index (κ2) is 10.0. The summed E-state index contributed by atoms with van der Waals surface area (Å²) in [4.78, 5) is 2.48. The van der Waals surface area contributed by atoms with Crippen LogP contribution in [0.2, 0.25) is 0 Å². The number of nitrogens with zero attached hydrogens (tertiary/aromatic N) is 1. The molecule has 0 aromatic carbocycles. The third-order valence-electron chi connectivity index (χ3n) is 2.63. The maximum Gasteiger partial charge on any atom is 0.00667 e. The SMILES string of the molecule is CC.CC.CC1CCCC(C)N1C. The van der Waals surface area contributed by atoms with E-state index in [1.54, 1.807) is 0 Å². The normalized spacial score (nSPS) is 27.9. The molecular formula is C12H29N. The van der Waals surface area contributed by atoms with Crippen molar-refractivity contribution in [1.82, 2.24) is 4.90 Å². The molecule has 1 nitrogen and oxygen atoms in total. The first-order valence-corrected chi connectivity index (χ1v) is 5.93. The highest BCUT2D eigenvalue weighted by atomic mass is 15.2. The van der Waals surface area contributed by atoms with Crippen LogP contribution in [0.25, 0.3) is 0 Å². The highest BCUT2D eigenvalue weighted by Crippen LogP contribution is 2.19. The van der Waals surface area contributed by atoms with Gasteiger partial charge in [0.15, 0.2) is 0 Å². The maximum absolute atomic E-state index is 2.48. The van der Waals surface area contributed by atoms with Crippen LogP contribution in [0.15, 0.2) is 0 Å². The van der Waals surface area contributed by atoms with E-state index in [0.29, 0.717) is 0 Å². The topological polar surface area (TPSA) is 3.24 Å². The Morgan fingerprint density at radius 3 is 1.38 bits per heavy atom. The lowest BCUT2D eigenvalue weighted by atomic mass is 9.99. The van der Waals surface area contributed by atoms with Crippen molar-refractivity contribution in [2.45, 2.75) is 72.9 Å². The fourth-order valence-electron chi connectivity index (χ4n) is 1.55. The number of rotatable bonds is 0. The molecule has 13 heavy (non-hydrogen) atoms. The summed E-state index contributed by atoms with van der Waals surface area (Å²) in [6.07, 6.45) is 4.20. The van der Waals surface area contributed by atoms with Gasteiger partial charge in [-0.15, -0.1) is 0 Å². The number of likely N-dealkylation sites (tertiary alicyclic amines) is 1. The van der Waals surface area contributed by atoms with Crippen LogP contribution < -0.4 is 0 Å². The minimum Gasteiger partial charge on any atom is -0.301 e. The van der Waals surface area contributed by atoms with Gasteiger partial charge >= 0.3 is 0 Å². The van der Waals surface area contributed by atoms with Gasteiger partial charge in [0.2, 0.25) is 0 Å². The molecule has 1 fully saturated rings. The minimum absolute atomic E-state index is 0.814. The molecule has 0 N–H and O–H groups in total. The summed E-state index contributed by atoms with van der Waals surface area (Å²) >= 11 is 0. The number of hydrogen-bond acceptors (Lipinski definition) is 1. The van der Waals surface area contributed by atoms with Crippen LogP contribution in [-0.2, 0) is 0 Å². The van der Waals surface area contributed by atoms with Crippen LogP contribution in [0.1, 0.15) is 60.8 Å². The fraction of sp³-hybridized carbons (Fsp3) is 1.00. The van der Waals surface area contributed by atoms with Crippen LogP contribution >= 0.6 is 0 Å². The van der Waals surface area contributed by atoms with E-state index in [-0.39, 0.29) is 0 Å². The van der Waals surface area contributed by atoms with Crippen molar-refractivity contribution in [3.63, 3.8) is 0 Å². The highest BCUT2D eigenvalue weighted by molar-refractivity contribution is 4.75. The molecule has 0 aliphatic carbocycles. The lowest BCUT2D eigenvalue weighted by Crippen LogP contribution is -2.40. The molecule has 1 rings (SSSR count). The molecule has 1 heteroatoms. The molecule has 0 aromatic heterocycles. The molecule has 1 aliphatic heterocycles. The zero-order valence-electron chi connectivity index (χ0n) is 10.7. The van der Waals surface area contributed by atoms with Crippen molar-refractivity contribution in [3.8, 4) is 0 Å². The Labute approximate surface area is 85.5 Å². The van der Waals surface area contributed by atoms with E-state index in [4.69, 9.17) is 0 Å². The Bertz CT molecular complexity index is 81.1. The molecule has 0 amide bonds. The van der Waals surface area contributed by atoms with Gasteiger partial charge in [0, 0.05) is 12.1 Å². The van der Waals surface area contributed by atoms with Crippen molar-refractivity contribution in [2.24, 2.45) is 0 Å².